The van der Waals surface area contributed by atoms with Gasteiger partial charge in [0.2, 0.25) is 0 Å². The van der Waals surface area contributed by atoms with Crippen molar-refractivity contribution in [2.45, 2.75) is 4.90 Å². The number of aldehydes is 1. The summed E-state index contributed by atoms with van der Waals surface area (Å²) in [5.74, 6) is -0.0821. The van der Waals surface area contributed by atoms with Crippen LogP contribution >= 0.6 is 0 Å². The molecule has 0 spiro atoms. The number of carbonyl (C=O) groups excluding carboxylic acids is 1. The highest BCUT2D eigenvalue weighted by Gasteiger charge is 2.20. The van der Waals surface area contributed by atoms with Gasteiger partial charge in [-0.15, -0.1) is 0 Å². The zero-order valence-electron chi connectivity index (χ0n) is 10.5. The number of non-ortho nitro benzene ring substituents is 1. The monoisotopic (exact) mass is 307 g/mol. The molecule has 2 aromatic rings. The maximum Gasteiger partial charge on any atom is 0.339 e. The van der Waals surface area contributed by atoms with Gasteiger partial charge >= 0.3 is 10.1 Å². The third-order valence-electron chi connectivity index (χ3n) is 2.57. The van der Waals surface area contributed by atoms with Crippen LogP contribution < -0.4 is 4.18 Å². The Morgan fingerprint density at radius 3 is 2.24 bits per heavy atom. The van der Waals surface area contributed by atoms with Crippen LogP contribution in [0.3, 0.4) is 0 Å². The fourth-order valence-electron chi connectivity index (χ4n) is 1.60. The van der Waals surface area contributed by atoms with Crippen molar-refractivity contribution in [3.8, 4) is 5.75 Å². The van der Waals surface area contributed by atoms with E-state index >= 15 is 0 Å². The molecule has 0 bridgehead atoms. The molecule has 2 aromatic carbocycles. The van der Waals surface area contributed by atoms with Crippen LogP contribution in [0, 0.1) is 10.1 Å². The average molecular weight is 307 g/mol. The minimum atomic E-state index is -4.19. The molecule has 2 rings (SSSR count). The van der Waals surface area contributed by atoms with Crippen LogP contribution in [0.2, 0.25) is 0 Å². The average Bonchev–Trinajstić information content (AvgIpc) is 2.47. The number of benzene rings is 2. The third-order valence-corrected chi connectivity index (χ3v) is 3.89. The van der Waals surface area contributed by atoms with E-state index in [0.717, 1.165) is 12.1 Å². The molecule has 0 amide bonds. The third kappa shape index (κ3) is 3.23. The Bertz CT molecular complexity index is 783. The summed E-state index contributed by atoms with van der Waals surface area (Å²) >= 11 is 0. The number of nitro groups is 1. The Morgan fingerprint density at radius 1 is 1.05 bits per heavy atom. The second-order valence-corrected chi connectivity index (χ2v) is 5.46. The highest BCUT2D eigenvalue weighted by Crippen LogP contribution is 2.23. The largest absolute Gasteiger partial charge is 0.379 e. The summed E-state index contributed by atoms with van der Waals surface area (Å²) in [6.07, 6.45) is 0.409. The van der Waals surface area contributed by atoms with Crippen molar-refractivity contribution < 1.29 is 22.3 Å². The first-order valence-corrected chi connectivity index (χ1v) is 7.08. The molecule has 0 radical (unpaired) electrons. The topological polar surface area (TPSA) is 104 Å². The van der Waals surface area contributed by atoms with Gasteiger partial charge in [-0.05, 0) is 18.2 Å². The molecule has 0 aromatic heterocycles. The number of hydrogen-bond acceptors (Lipinski definition) is 6. The lowest BCUT2D eigenvalue weighted by molar-refractivity contribution is -0.384. The van der Waals surface area contributed by atoms with Gasteiger partial charge in [-0.2, -0.15) is 8.42 Å². The second-order valence-electron chi connectivity index (χ2n) is 3.94. The fourth-order valence-corrected chi connectivity index (χ4v) is 2.70. The molecule has 108 valence electrons. The number of carbonyl (C=O) groups is 1. The maximum absolute atomic E-state index is 12.1. The van der Waals surface area contributed by atoms with E-state index in [2.05, 4.69) is 0 Å². The van der Waals surface area contributed by atoms with E-state index in [9.17, 15) is 23.3 Å². The molecule has 0 saturated carbocycles. The standard InChI is InChI=1S/C13H9NO6S/c15-9-10-3-1-2-4-13(10)21(18,19)20-12-7-5-11(6-8-12)14(16)17/h1-9H. The predicted octanol–water partition coefficient (Wildman–Crippen LogP) is 2.17. The Kier molecular flexibility index (Phi) is 3.99. The summed E-state index contributed by atoms with van der Waals surface area (Å²) in [5, 5.41) is 10.5. The lowest BCUT2D eigenvalue weighted by Crippen LogP contribution is -2.12. The zero-order valence-corrected chi connectivity index (χ0v) is 11.3. The first kappa shape index (κ1) is 14.7. The molecular weight excluding hydrogens is 298 g/mol. The summed E-state index contributed by atoms with van der Waals surface area (Å²) in [5.41, 5.74) is -0.215. The summed E-state index contributed by atoms with van der Waals surface area (Å²) in [4.78, 5) is 20.5. The van der Waals surface area contributed by atoms with Gasteiger partial charge in [0.15, 0.2) is 6.29 Å². The molecule has 8 heteroatoms. The number of nitrogens with zero attached hydrogens (tertiary/aromatic N) is 1. The lowest BCUT2D eigenvalue weighted by Gasteiger charge is -2.08. The quantitative estimate of drug-likeness (QED) is 0.363. The molecule has 0 fully saturated rings. The van der Waals surface area contributed by atoms with Crippen molar-refractivity contribution in [3.05, 3.63) is 64.2 Å². The zero-order chi connectivity index (χ0) is 15.5. The first-order chi connectivity index (χ1) is 9.94. The van der Waals surface area contributed by atoms with Crippen LogP contribution in [0.5, 0.6) is 5.75 Å². The molecule has 0 aliphatic carbocycles. The summed E-state index contributed by atoms with van der Waals surface area (Å²) in [7, 11) is -4.19. The highest BCUT2D eigenvalue weighted by molar-refractivity contribution is 7.87. The Balaban J connectivity index is 2.33. The second kappa shape index (κ2) is 5.71. The van der Waals surface area contributed by atoms with E-state index in [1.54, 1.807) is 0 Å². The van der Waals surface area contributed by atoms with Gasteiger partial charge in [-0.25, -0.2) is 0 Å². The summed E-state index contributed by atoms with van der Waals surface area (Å²) in [6, 6.07) is 10.1. The van der Waals surface area contributed by atoms with E-state index in [-0.39, 0.29) is 21.9 Å². The first-order valence-electron chi connectivity index (χ1n) is 5.67. The minimum Gasteiger partial charge on any atom is -0.379 e. The molecule has 7 nitrogen and oxygen atoms in total. The highest BCUT2D eigenvalue weighted by atomic mass is 32.2. The molecule has 21 heavy (non-hydrogen) atoms. The summed E-state index contributed by atoms with van der Waals surface area (Å²) < 4.78 is 29.0. The van der Waals surface area contributed by atoms with E-state index in [0.29, 0.717) is 6.29 Å². The SMILES string of the molecule is O=Cc1ccccc1S(=O)(=O)Oc1ccc([N+](=O)[O-])cc1. The molecule has 0 atom stereocenters. The van der Waals surface area contributed by atoms with Gasteiger partial charge < -0.3 is 4.18 Å². The number of rotatable bonds is 5. The van der Waals surface area contributed by atoms with E-state index < -0.39 is 15.0 Å². The Morgan fingerprint density at radius 2 is 1.67 bits per heavy atom. The Hall–Kier alpha value is -2.74. The van der Waals surface area contributed by atoms with Gasteiger partial charge in [-0.3, -0.25) is 14.9 Å². The molecule has 0 heterocycles. The predicted molar refractivity (Wildman–Crippen MR) is 72.7 cm³/mol. The molecule has 0 aliphatic heterocycles. The Labute approximate surface area is 120 Å². The van der Waals surface area contributed by atoms with E-state index in [1.165, 1.54) is 36.4 Å². The van der Waals surface area contributed by atoms with Gasteiger partial charge in [0.05, 0.1) is 4.92 Å². The van der Waals surface area contributed by atoms with Crippen LogP contribution in [0.1, 0.15) is 10.4 Å². The van der Waals surface area contributed by atoms with Gasteiger partial charge in [0.25, 0.3) is 5.69 Å². The minimum absolute atomic E-state index is 0.0283. The molecule has 0 saturated heterocycles. The van der Waals surface area contributed by atoms with Crippen molar-refractivity contribution in [3.63, 3.8) is 0 Å². The van der Waals surface area contributed by atoms with Crippen molar-refractivity contribution >= 4 is 22.1 Å². The smallest absolute Gasteiger partial charge is 0.339 e. The van der Waals surface area contributed by atoms with Gasteiger partial charge in [0.1, 0.15) is 10.6 Å². The lowest BCUT2D eigenvalue weighted by atomic mass is 10.2. The van der Waals surface area contributed by atoms with Crippen LogP contribution in [0.15, 0.2) is 53.4 Å². The number of nitro benzene ring substituents is 1. The van der Waals surface area contributed by atoms with Crippen LogP contribution in [0.4, 0.5) is 5.69 Å². The molecule has 0 unspecified atom stereocenters. The normalized spacial score (nSPS) is 10.9. The number of hydrogen-bond donors (Lipinski definition) is 0. The van der Waals surface area contributed by atoms with Crippen LogP contribution in [-0.2, 0) is 10.1 Å². The van der Waals surface area contributed by atoms with E-state index in [4.69, 9.17) is 4.18 Å². The van der Waals surface area contributed by atoms with Crippen LogP contribution in [-0.4, -0.2) is 19.6 Å². The van der Waals surface area contributed by atoms with Crippen molar-refractivity contribution in [1.29, 1.82) is 0 Å². The van der Waals surface area contributed by atoms with Crippen molar-refractivity contribution in [1.82, 2.24) is 0 Å². The van der Waals surface area contributed by atoms with Gasteiger partial charge in [0, 0.05) is 17.7 Å². The fraction of sp³-hybridized carbons (Fsp3) is 0. The van der Waals surface area contributed by atoms with Crippen molar-refractivity contribution in [2.24, 2.45) is 0 Å². The molecular formula is C13H9NO6S. The molecule has 0 N–H and O–H groups in total. The van der Waals surface area contributed by atoms with Gasteiger partial charge in [-0.1, -0.05) is 18.2 Å². The summed E-state index contributed by atoms with van der Waals surface area (Å²) in [6.45, 7) is 0. The van der Waals surface area contributed by atoms with E-state index in [1.807, 2.05) is 0 Å². The molecule has 0 aliphatic rings. The van der Waals surface area contributed by atoms with Crippen LogP contribution in [0.25, 0.3) is 0 Å². The maximum atomic E-state index is 12.1. The van der Waals surface area contributed by atoms with Crippen molar-refractivity contribution in [2.75, 3.05) is 0 Å².